The van der Waals surface area contributed by atoms with Crippen LogP contribution in [0.15, 0.2) is 11.6 Å². The molecule has 0 heterocycles. The number of ether oxygens (including phenoxy) is 1. The van der Waals surface area contributed by atoms with Gasteiger partial charge in [-0.15, -0.1) is 0 Å². The maximum absolute atomic E-state index is 10.5. The Hall–Kier alpha value is -1.30. The zero-order chi connectivity index (χ0) is 9.98. The second kappa shape index (κ2) is 9.70. The van der Waals surface area contributed by atoms with Crippen LogP contribution in [-0.2, 0) is 9.53 Å². The maximum Gasteiger partial charge on any atom is 0.333 e. The van der Waals surface area contributed by atoms with Crippen LogP contribution in [0.5, 0.6) is 0 Å². The quantitative estimate of drug-likeness (QED) is 0.446. The number of rotatable bonds is 1. The van der Waals surface area contributed by atoms with E-state index in [0.29, 0.717) is 12.0 Å². The highest BCUT2D eigenvalue weighted by Crippen LogP contribution is 1.92. The van der Waals surface area contributed by atoms with Crippen molar-refractivity contribution >= 4 is 5.97 Å². The first-order chi connectivity index (χ1) is 5.63. The van der Waals surface area contributed by atoms with E-state index in [1.807, 2.05) is 13.0 Å². The summed E-state index contributed by atoms with van der Waals surface area (Å²) in [6.07, 6.45) is 2.34. The topological polar surface area (TPSA) is 50.1 Å². The molecule has 0 amide bonds. The number of nitriles is 1. The molecule has 0 saturated heterocycles. The third-order valence-electron chi connectivity index (χ3n) is 1.10. The van der Waals surface area contributed by atoms with E-state index in [1.54, 1.807) is 19.9 Å². The molecule has 0 aliphatic carbocycles. The first-order valence-corrected chi connectivity index (χ1v) is 3.72. The van der Waals surface area contributed by atoms with Crippen LogP contribution in [0.25, 0.3) is 0 Å². The SMILES string of the molecule is CC=C(C)C(=O)OC.CCC#N. The fraction of sp³-hybridized carbons (Fsp3) is 0.556. The van der Waals surface area contributed by atoms with Gasteiger partial charge in [0.15, 0.2) is 0 Å². The maximum atomic E-state index is 10.5. The molecule has 0 atom stereocenters. The second-order valence-corrected chi connectivity index (χ2v) is 1.97. The Labute approximate surface area is 73.6 Å². The van der Waals surface area contributed by atoms with Crippen molar-refractivity contribution in [2.45, 2.75) is 27.2 Å². The zero-order valence-electron chi connectivity index (χ0n) is 8.05. The molecule has 0 aromatic rings. The van der Waals surface area contributed by atoms with Crippen molar-refractivity contribution in [2.24, 2.45) is 0 Å². The average Bonchev–Trinajstić information content (AvgIpc) is 2.15. The van der Waals surface area contributed by atoms with E-state index >= 15 is 0 Å². The summed E-state index contributed by atoms with van der Waals surface area (Å²) in [7, 11) is 1.37. The minimum atomic E-state index is -0.257. The molecule has 0 radical (unpaired) electrons. The van der Waals surface area contributed by atoms with Gasteiger partial charge in [0.25, 0.3) is 0 Å². The molecular formula is C9H15NO2. The number of nitrogens with zero attached hydrogens (tertiary/aromatic N) is 1. The molecule has 12 heavy (non-hydrogen) atoms. The van der Waals surface area contributed by atoms with Gasteiger partial charge in [0.05, 0.1) is 13.2 Å². The van der Waals surface area contributed by atoms with Gasteiger partial charge in [-0.2, -0.15) is 5.26 Å². The van der Waals surface area contributed by atoms with Crippen molar-refractivity contribution in [3.05, 3.63) is 11.6 Å². The summed E-state index contributed by atoms with van der Waals surface area (Å²) < 4.78 is 4.40. The molecule has 0 aromatic carbocycles. The molecule has 0 aliphatic heterocycles. The summed E-state index contributed by atoms with van der Waals surface area (Å²) >= 11 is 0. The van der Waals surface area contributed by atoms with E-state index in [0.717, 1.165) is 0 Å². The normalized spacial score (nSPS) is 9.08. The van der Waals surface area contributed by atoms with Gasteiger partial charge in [-0.1, -0.05) is 13.0 Å². The largest absolute Gasteiger partial charge is 0.466 e. The number of hydrogen-bond acceptors (Lipinski definition) is 3. The van der Waals surface area contributed by atoms with Gasteiger partial charge in [-0.05, 0) is 13.8 Å². The first kappa shape index (κ1) is 13.3. The lowest BCUT2D eigenvalue weighted by Crippen LogP contribution is -2.00. The molecule has 0 bridgehead atoms. The zero-order valence-corrected chi connectivity index (χ0v) is 8.05. The van der Waals surface area contributed by atoms with Crippen LogP contribution in [-0.4, -0.2) is 13.1 Å². The molecule has 0 aliphatic rings. The van der Waals surface area contributed by atoms with E-state index in [4.69, 9.17) is 5.26 Å². The molecule has 3 nitrogen and oxygen atoms in total. The number of esters is 1. The highest BCUT2D eigenvalue weighted by molar-refractivity contribution is 5.87. The summed E-state index contributed by atoms with van der Waals surface area (Å²) in [5.74, 6) is -0.257. The number of allylic oxidation sites excluding steroid dienone is 1. The highest BCUT2D eigenvalue weighted by atomic mass is 16.5. The van der Waals surface area contributed by atoms with Crippen LogP contribution < -0.4 is 0 Å². The Morgan fingerprint density at radius 1 is 1.67 bits per heavy atom. The Kier molecular flexibility index (Phi) is 10.8. The van der Waals surface area contributed by atoms with E-state index in [2.05, 4.69) is 4.74 Å². The third-order valence-corrected chi connectivity index (χ3v) is 1.10. The number of methoxy groups -OCH3 is 1. The number of carbonyl (C=O) groups is 1. The van der Waals surface area contributed by atoms with Gasteiger partial charge in [-0.25, -0.2) is 4.79 Å². The van der Waals surface area contributed by atoms with Gasteiger partial charge in [0.1, 0.15) is 0 Å². The Morgan fingerprint density at radius 3 is 2.17 bits per heavy atom. The van der Waals surface area contributed by atoms with Crippen LogP contribution >= 0.6 is 0 Å². The molecule has 3 heteroatoms. The minimum absolute atomic E-state index is 0.257. The molecule has 0 saturated carbocycles. The van der Waals surface area contributed by atoms with Crippen LogP contribution in [0.1, 0.15) is 27.2 Å². The fourth-order valence-corrected chi connectivity index (χ4v) is 0.279. The monoisotopic (exact) mass is 169 g/mol. The second-order valence-electron chi connectivity index (χ2n) is 1.97. The van der Waals surface area contributed by atoms with Gasteiger partial charge in [0, 0.05) is 12.0 Å². The van der Waals surface area contributed by atoms with Gasteiger partial charge < -0.3 is 4.74 Å². The summed E-state index contributed by atoms with van der Waals surface area (Å²) in [6, 6.07) is 1.93. The minimum Gasteiger partial charge on any atom is -0.466 e. The van der Waals surface area contributed by atoms with E-state index in [9.17, 15) is 4.79 Å². The summed E-state index contributed by atoms with van der Waals surface area (Å²) in [4.78, 5) is 10.5. The third kappa shape index (κ3) is 8.70. The van der Waals surface area contributed by atoms with Crippen molar-refractivity contribution in [1.29, 1.82) is 5.26 Å². The lowest BCUT2D eigenvalue weighted by atomic mass is 10.3. The van der Waals surface area contributed by atoms with Crippen molar-refractivity contribution in [1.82, 2.24) is 0 Å². The van der Waals surface area contributed by atoms with Crippen LogP contribution in [0.4, 0.5) is 0 Å². The molecular weight excluding hydrogens is 154 g/mol. The van der Waals surface area contributed by atoms with Gasteiger partial charge >= 0.3 is 5.97 Å². The van der Waals surface area contributed by atoms with E-state index in [1.165, 1.54) is 7.11 Å². The fourth-order valence-electron chi connectivity index (χ4n) is 0.279. The van der Waals surface area contributed by atoms with Crippen molar-refractivity contribution in [2.75, 3.05) is 7.11 Å². The lowest BCUT2D eigenvalue weighted by molar-refractivity contribution is -0.136. The van der Waals surface area contributed by atoms with Gasteiger partial charge in [-0.3, -0.25) is 0 Å². The molecule has 0 fully saturated rings. The molecule has 0 unspecified atom stereocenters. The van der Waals surface area contributed by atoms with Crippen LogP contribution in [0.3, 0.4) is 0 Å². The highest BCUT2D eigenvalue weighted by Gasteiger charge is 1.98. The number of hydrogen-bond donors (Lipinski definition) is 0. The van der Waals surface area contributed by atoms with Crippen molar-refractivity contribution < 1.29 is 9.53 Å². The van der Waals surface area contributed by atoms with Crippen molar-refractivity contribution in [3.63, 3.8) is 0 Å². The van der Waals surface area contributed by atoms with E-state index in [-0.39, 0.29) is 5.97 Å². The lowest BCUT2D eigenvalue weighted by Gasteiger charge is -1.93. The Morgan fingerprint density at radius 2 is 2.08 bits per heavy atom. The predicted octanol–water partition coefficient (Wildman–Crippen LogP) is 2.05. The molecule has 0 spiro atoms. The summed E-state index contributed by atoms with van der Waals surface area (Å²) in [5.41, 5.74) is 0.646. The van der Waals surface area contributed by atoms with Crippen LogP contribution in [0.2, 0.25) is 0 Å². The average molecular weight is 169 g/mol. The van der Waals surface area contributed by atoms with Crippen molar-refractivity contribution in [3.8, 4) is 6.07 Å². The standard InChI is InChI=1S/C6H10O2.C3H5N/c1-4-5(2)6(7)8-3;1-2-3-4/h4H,1-3H3;2H2,1H3. The summed E-state index contributed by atoms with van der Waals surface area (Å²) in [6.45, 7) is 5.33. The number of carbonyl (C=O) groups excluding carboxylic acids is 1. The van der Waals surface area contributed by atoms with Crippen LogP contribution in [0, 0.1) is 11.3 Å². The molecule has 0 N–H and O–H groups in total. The molecule has 0 aromatic heterocycles. The Bertz CT molecular complexity index is 189. The molecule has 0 rings (SSSR count). The van der Waals surface area contributed by atoms with Gasteiger partial charge in [0.2, 0.25) is 0 Å². The summed E-state index contributed by atoms with van der Waals surface area (Å²) in [5, 5.41) is 7.62. The first-order valence-electron chi connectivity index (χ1n) is 3.72. The molecule has 68 valence electrons. The Balaban J connectivity index is 0. The van der Waals surface area contributed by atoms with E-state index < -0.39 is 0 Å². The predicted molar refractivity (Wildman–Crippen MR) is 47.4 cm³/mol. The smallest absolute Gasteiger partial charge is 0.333 e.